The molecule has 51 heavy (non-hydrogen) atoms. The summed E-state index contributed by atoms with van der Waals surface area (Å²) < 4.78 is 48.4. The molecule has 0 radical (unpaired) electrons. The van der Waals surface area contributed by atoms with E-state index in [1.807, 2.05) is 18.2 Å². The molecule has 0 saturated carbocycles. The molecule has 1 unspecified atom stereocenters. The molecule has 14 nitrogen and oxygen atoms in total. The van der Waals surface area contributed by atoms with Gasteiger partial charge in [0.2, 0.25) is 0 Å². The van der Waals surface area contributed by atoms with Gasteiger partial charge in [-0.05, 0) is 31.2 Å². The van der Waals surface area contributed by atoms with Crippen LogP contribution in [0.3, 0.4) is 0 Å². The Kier molecular flexibility index (Phi) is 9.99. The zero-order valence-corrected chi connectivity index (χ0v) is 27.9. The topological polar surface area (TPSA) is 166 Å². The van der Waals surface area contributed by atoms with Crippen LogP contribution < -0.4 is 0 Å². The molecule has 4 heterocycles. The molecule has 2 amide bonds. The summed E-state index contributed by atoms with van der Waals surface area (Å²) >= 11 is 0. The molecular weight excluding hydrogens is 666 g/mol. The number of imide groups is 1. The SMILES string of the molecule is CO[C@@H]1O[C@@H](C)[C@H](OC(=O)c2ccccc2)[C@@H](O[C@@H]2O[C@@H]3COC(c4ccccc4)O[C@H]3[C@H](OC(C)=O)[C@H]2N2C(=O)c3ccccc3C2=O)[C@H]1O. The quantitative estimate of drug-likeness (QED) is 0.269. The van der Waals surface area contributed by atoms with Crippen LogP contribution in [-0.2, 0) is 42.7 Å². The zero-order valence-electron chi connectivity index (χ0n) is 27.9. The molecule has 3 fully saturated rings. The molecule has 4 aliphatic rings. The first kappa shape index (κ1) is 34.9. The van der Waals surface area contributed by atoms with Gasteiger partial charge in [-0.15, -0.1) is 0 Å². The van der Waals surface area contributed by atoms with Gasteiger partial charge in [-0.25, -0.2) is 4.79 Å². The lowest BCUT2D eigenvalue weighted by Gasteiger charge is -2.52. The Morgan fingerprint density at radius 2 is 1.41 bits per heavy atom. The van der Waals surface area contributed by atoms with Crippen molar-refractivity contribution < 1.29 is 62.2 Å². The molecule has 7 rings (SSSR count). The van der Waals surface area contributed by atoms with Crippen LogP contribution >= 0.6 is 0 Å². The summed E-state index contributed by atoms with van der Waals surface area (Å²) in [7, 11) is 1.33. The standard InChI is InChI=1S/C37H37NO13/c1-19-28(49-34(43)21-12-6-4-7-13-21)31(27(40)37(44-3)46-19)51-36-26(38-32(41)23-16-10-11-17-24(23)33(38)42)30(47-20(2)39)29-25(48-36)18-45-35(50-29)22-14-8-5-9-15-22/h4-17,19,25-31,35-37,40H,18H2,1-3H3/t19-,25+,26+,27+,28-,29+,30+,31-,35?,36-,37+/m0/s1. The van der Waals surface area contributed by atoms with Gasteiger partial charge < -0.3 is 43.0 Å². The minimum atomic E-state index is -1.57. The maximum absolute atomic E-state index is 14.0. The minimum absolute atomic E-state index is 0.0590. The molecule has 0 aromatic heterocycles. The lowest BCUT2D eigenvalue weighted by molar-refractivity contribution is -0.373. The fourth-order valence-corrected chi connectivity index (χ4v) is 6.95. The van der Waals surface area contributed by atoms with Crippen molar-refractivity contribution in [1.82, 2.24) is 4.90 Å². The van der Waals surface area contributed by atoms with Crippen molar-refractivity contribution in [1.29, 1.82) is 0 Å². The first-order valence-electron chi connectivity index (χ1n) is 16.6. The smallest absolute Gasteiger partial charge is 0.338 e. The van der Waals surface area contributed by atoms with E-state index in [0.717, 1.165) is 4.90 Å². The van der Waals surface area contributed by atoms with Crippen LogP contribution in [0, 0.1) is 0 Å². The van der Waals surface area contributed by atoms with Gasteiger partial charge >= 0.3 is 11.9 Å². The summed E-state index contributed by atoms with van der Waals surface area (Å²) in [5.74, 6) is -2.79. The van der Waals surface area contributed by atoms with Crippen LogP contribution in [0.15, 0.2) is 84.9 Å². The van der Waals surface area contributed by atoms with E-state index in [2.05, 4.69) is 0 Å². The number of amides is 2. The van der Waals surface area contributed by atoms with Crippen LogP contribution in [0.5, 0.6) is 0 Å². The number of hydrogen-bond donors (Lipinski definition) is 1. The maximum atomic E-state index is 14.0. The van der Waals surface area contributed by atoms with Crippen molar-refractivity contribution in [3.05, 3.63) is 107 Å². The average molecular weight is 704 g/mol. The largest absolute Gasteiger partial charge is 0.457 e. The van der Waals surface area contributed by atoms with Gasteiger partial charge in [0.25, 0.3) is 11.8 Å². The molecule has 0 aliphatic carbocycles. The number of fused-ring (bicyclic) bond motifs is 2. The van der Waals surface area contributed by atoms with Gasteiger partial charge in [-0.2, -0.15) is 0 Å². The van der Waals surface area contributed by atoms with E-state index in [1.54, 1.807) is 61.5 Å². The van der Waals surface area contributed by atoms with Gasteiger partial charge in [0.15, 0.2) is 31.1 Å². The maximum Gasteiger partial charge on any atom is 0.338 e. The van der Waals surface area contributed by atoms with E-state index >= 15 is 0 Å². The molecule has 3 aromatic carbocycles. The third-order valence-corrected chi connectivity index (χ3v) is 9.33. The Morgan fingerprint density at radius 1 is 0.784 bits per heavy atom. The number of nitrogens with zero attached hydrogens (tertiary/aromatic N) is 1. The molecule has 268 valence electrons. The Labute approximate surface area is 293 Å². The van der Waals surface area contributed by atoms with Gasteiger partial charge in [-0.1, -0.05) is 60.7 Å². The minimum Gasteiger partial charge on any atom is -0.457 e. The second kappa shape index (κ2) is 14.6. The van der Waals surface area contributed by atoms with E-state index in [9.17, 15) is 24.3 Å². The van der Waals surface area contributed by atoms with Gasteiger partial charge in [0.05, 0.1) is 29.4 Å². The lowest BCUT2D eigenvalue weighted by Crippen LogP contribution is -2.70. The number of carbonyl (C=O) groups is 4. The summed E-state index contributed by atoms with van der Waals surface area (Å²) in [4.78, 5) is 55.0. The third kappa shape index (κ3) is 6.67. The summed E-state index contributed by atoms with van der Waals surface area (Å²) in [5.41, 5.74) is 1.19. The normalized spacial score (nSPS) is 33.3. The fraction of sp³-hybridized carbons (Fsp3) is 0.405. The highest BCUT2D eigenvalue weighted by molar-refractivity contribution is 6.21. The highest BCUT2D eigenvalue weighted by atomic mass is 16.8. The Morgan fingerprint density at radius 3 is 2.04 bits per heavy atom. The highest BCUT2D eigenvalue weighted by Gasteiger charge is 2.60. The number of carbonyl (C=O) groups excluding carboxylic acids is 4. The van der Waals surface area contributed by atoms with E-state index < -0.39 is 91.4 Å². The number of rotatable bonds is 8. The number of ether oxygens (including phenoxy) is 8. The van der Waals surface area contributed by atoms with Crippen LogP contribution in [0.1, 0.15) is 56.8 Å². The van der Waals surface area contributed by atoms with E-state index in [1.165, 1.54) is 26.2 Å². The number of benzene rings is 3. The Hall–Kier alpha value is -4.54. The number of esters is 2. The monoisotopic (exact) mass is 703 g/mol. The van der Waals surface area contributed by atoms with Crippen molar-refractivity contribution in [2.24, 2.45) is 0 Å². The van der Waals surface area contributed by atoms with E-state index in [-0.39, 0.29) is 23.3 Å². The van der Waals surface area contributed by atoms with E-state index in [0.29, 0.717) is 5.56 Å². The number of hydrogen-bond acceptors (Lipinski definition) is 13. The van der Waals surface area contributed by atoms with Crippen molar-refractivity contribution in [3.8, 4) is 0 Å². The number of aliphatic hydroxyl groups is 1. The second-order valence-electron chi connectivity index (χ2n) is 12.6. The second-order valence-corrected chi connectivity index (χ2v) is 12.6. The van der Waals surface area contributed by atoms with Crippen molar-refractivity contribution in [3.63, 3.8) is 0 Å². The molecule has 11 atom stereocenters. The van der Waals surface area contributed by atoms with Gasteiger partial charge in [0, 0.05) is 19.6 Å². The molecule has 3 saturated heterocycles. The van der Waals surface area contributed by atoms with Gasteiger partial charge in [-0.3, -0.25) is 19.3 Å². The van der Waals surface area contributed by atoms with Crippen LogP contribution in [0.2, 0.25) is 0 Å². The summed E-state index contributed by atoms with van der Waals surface area (Å²) in [6.45, 7) is 2.75. The fourth-order valence-electron chi connectivity index (χ4n) is 6.95. The summed E-state index contributed by atoms with van der Waals surface area (Å²) in [5, 5.41) is 11.5. The van der Waals surface area contributed by atoms with Gasteiger partial charge in [0.1, 0.15) is 30.5 Å². The molecule has 3 aromatic rings. The number of aliphatic hydroxyl groups excluding tert-OH is 1. The Balaban J connectivity index is 1.28. The van der Waals surface area contributed by atoms with Crippen molar-refractivity contribution in [2.45, 2.75) is 81.5 Å². The number of methoxy groups -OCH3 is 1. The predicted octanol–water partition coefficient (Wildman–Crippen LogP) is 2.78. The van der Waals surface area contributed by atoms with Crippen molar-refractivity contribution >= 4 is 23.8 Å². The van der Waals surface area contributed by atoms with Crippen LogP contribution in [-0.4, -0.2) is 109 Å². The third-order valence-electron chi connectivity index (χ3n) is 9.33. The molecule has 0 bridgehead atoms. The molecule has 1 N–H and O–H groups in total. The van der Waals surface area contributed by atoms with Crippen LogP contribution in [0.4, 0.5) is 0 Å². The first-order chi connectivity index (χ1) is 24.7. The van der Waals surface area contributed by atoms with E-state index in [4.69, 9.17) is 37.9 Å². The van der Waals surface area contributed by atoms with Crippen LogP contribution in [0.25, 0.3) is 0 Å². The highest BCUT2D eigenvalue weighted by Crippen LogP contribution is 2.41. The molecule has 4 aliphatic heterocycles. The average Bonchev–Trinajstić information content (AvgIpc) is 3.40. The first-order valence-corrected chi connectivity index (χ1v) is 16.6. The summed E-state index contributed by atoms with van der Waals surface area (Å²) in [6.07, 6.45) is -12.1. The molecule has 14 heteroatoms. The lowest BCUT2D eigenvalue weighted by atomic mass is 9.93. The predicted molar refractivity (Wildman–Crippen MR) is 173 cm³/mol. The molecular formula is C37H37NO13. The zero-order chi connectivity index (χ0) is 35.8. The Bertz CT molecular complexity index is 1720. The summed E-state index contributed by atoms with van der Waals surface area (Å²) in [6, 6.07) is 22.1. The molecule has 0 spiro atoms. The van der Waals surface area contributed by atoms with Crippen molar-refractivity contribution in [2.75, 3.05) is 13.7 Å².